The highest BCUT2D eigenvalue weighted by molar-refractivity contribution is 8.00. The zero-order valence-corrected chi connectivity index (χ0v) is 16.1. The Bertz CT molecular complexity index is 742. The summed E-state index contributed by atoms with van der Waals surface area (Å²) in [5.41, 5.74) is 2.14. The molecule has 1 unspecified atom stereocenters. The Morgan fingerprint density at radius 1 is 1.08 bits per heavy atom. The molecule has 2 aliphatic rings. The van der Waals surface area contributed by atoms with Crippen molar-refractivity contribution < 1.29 is 4.79 Å². The number of hydrogen-bond acceptors (Lipinski definition) is 3. The van der Waals surface area contributed by atoms with Crippen LogP contribution in [0.4, 0.5) is 0 Å². The molecule has 0 radical (unpaired) electrons. The fourth-order valence-corrected chi connectivity index (χ4v) is 4.59. The third-order valence-corrected chi connectivity index (χ3v) is 6.64. The van der Waals surface area contributed by atoms with Gasteiger partial charge in [-0.25, -0.2) is 0 Å². The summed E-state index contributed by atoms with van der Waals surface area (Å²) in [6, 6.07) is 19.0. The standard InChI is InChI=1S/C22H26N2OS/c1-23(19-13-14-24(16-19)15-17-5-3-2-4-6-17)22(25)18-7-9-20(10-8-18)26-21-11-12-21/h2-10,19,21H,11-16H2,1H3. The van der Waals surface area contributed by atoms with Gasteiger partial charge in [0.1, 0.15) is 0 Å². The molecule has 3 nitrogen and oxygen atoms in total. The Kier molecular flexibility index (Phi) is 5.32. The molecule has 0 aromatic heterocycles. The van der Waals surface area contributed by atoms with Gasteiger partial charge in [-0.15, -0.1) is 11.8 Å². The lowest BCUT2D eigenvalue weighted by Gasteiger charge is -2.25. The molecule has 136 valence electrons. The van der Waals surface area contributed by atoms with Crippen LogP contribution in [0.25, 0.3) is 0 Å². The number of benzene rings is 2. The van der Waals surface area contributed by atoms with Gasteiger partial charge < -0.3 is 4.90 Å². The molecule has 2 aromatic rings. The first-order valence-corrected chi connectivity index (χ1v) is 10.4. The van der Waals surface area contributed by atoms with Crippen molar-refractivity contribution in [2.45, 2.75) is 42.0 Å². The Labute approximate surface area is 160 Å². The summed E-state index contributed by atoms with van der Waals surface area (Å²) >= 11 is 1.93. The van der Waals surface area contributed by atoms with Crippen molar-refractivity contribution in [2.75, 3.05) is 20.1 Å². The minimum absolute atomic E-state index is 0.138. The van der Waals surface area contributed by atoms with E-state index >= 15 is 0 Å². The third-order valence-electron chi connectivity index (χ3n) is 5.29. The molecule has 26 heavy (non-hydrogen) atoms. The van der Waals surface area contributed by atoms with Crippen LogP contribution in [0, 0.1) is 0 Å². The van der Waals surface area contributed by atoms with E-state index in [1.54, 1.807) is 0 Å². The Balaban J connectivity index is 1.33. The highest BCUT2D eigenvalue weighted by Crippen LogP contribution is 2.39. The average Bonchev–Trinajstić information content (AvgIpc) is 3.37. The van der Waals surface area contributed by atoms with Crippen molar-refractivity contribution in [3.05, 3.63) is 65.7 Å². The minimum atomic E-state index is 0.138. The summed E-state index contributed by atoms with van der Waals surface area (Å²) in [4.78, 5) is 18.5. The van der Waals surface area contributed by atoms with Crippen LogP contribution in [0.2, 0.25) is 0 Å². The monoisotopic (exact) mass is 366 g/mol. The fraction of sp³-hybridized carbons (Fsp3) is 0.409. The molecular formula is C22H26N2OS. The SMILES string of the molecule is CN(C(=O)c1ccc(SC2CC2)cc1)C1CCN(Cc2ccccc2)C1. The van der Waals surface area contributed by atoms with Crippen LogP contribution in [0.5, 0.6) is 0 Å². The van der Waals surface area contributed by atoms with E-state index < -0.39 is 0 Å². The van der Waals surface area contributed by atoms with Crippen molar-refractivity contribution in [3.8, 4) is 0 Å². The smallest absolute Gasteiger partial charge is 0.253 e. The van der Waals surface area contributed by atoms with Crippen molar-refractivity contribution in [1.29, 1.82) is 0 Å². The highest BCUT2D eigenvalue weighted by Gasteiger charge is 2.29. The van der Waals surface area contributed by atoms with Crippen LogP contribution in [0.15, 0.2) is 59.5 Å². The molecule has 0 N–H and O–H groups in total. The molecule has 1 atom stereocenters. The van der Waals surface area contributed by atoms with Gasteiger partial charge in [-0.3, -0.25) is 9.69 Å². The van der Waals surface area contributed by atoms with Gasteiger partial charge in [0, 0.05) is 48.4 Å². The number of nitrogens with zero attached hydrogens (tertiary/aromatic N) is 2. The minimum Gasteiger partial charge on any atom is -0.337 e. The largest absolute Gasteiger partial charge is 0.337 e. The van der Waals surface area contributed by atoms with Crippen LogP contribution in [-0.2, 0) is 6.54 Å². The van der Waals surface area contributed by atoms with E-state index in [0.29, 0.717) is 6.04 Å². The van der Waals surface area contributed by atoms with E-state index in [-0.39, 0.29) is 5.91 Å². The topological polar surface area (TPSA) is 23.6 Å². The van der Waals surface area contributed by atoms with Crippen LogP contribution >= 0.6 is 11.8 Å². The number of likely N-dealkylation sites (N-methyl/N-ethyl adjacent to an activating group) is 1. The molecule has 1 aliphatic carbocycles. The van der Waals surface area contributed by atoms with Gasteiger partial charge in [-0.1, -0.05) is 30.3 Å². The van der Waals surface area contributed by atoms with Crippen molar-refractivity contribution in [3.63, 3.8) is 0 Å². The molecule has 1 heterocycles. The second-order valence-corrected chi connectivity index (χ2v) is 8.79. The summed E-state index contributed by atoms with van der Waals surface area (Å²) in [6.45, 7) is 2.97. The molecule has 4 rings (SSSR count). The van der Waals surface area contributed by atoms with Gasteiger partial charge >= 0.3 is 0 Å². The first kappa shape index (κ1) is 17.6. The molecule has 1 amide bonds. The summed E-state index contributed by atoms with van der Waals surface area (Å²) in [7, 11) is 1.95. The summed E-state index contributed by atoms with van der Waals surface area (Å²) < 4.78 is 0. The first-order valence-electron chi connectivity index (χ1n) is 9.49. The number of carbonyl (C=O) groups is 1. The summed E-state index contributed by atoms with van der Waals surface area (Å²) in [5.74, 6) is 0.138. The predicted molar refractivity (Wildman–Crippen MR) is 108 cm³/mol. The van der Waals surface area contributed by atoms with Crippen molar-refractivity contribution in [2.24, 2.45) is 0 Å². The molecule has 2 aromatic carbocycles. The maximum Gasteiger partial charge on any atom is 0.253 e. The fourth-order valence-electron chi connectivity index (χ4n) is 3.54. The maximum atomic E-state index is 12.8. The number of thioether (sulfide) groups is 1. The molecular weight excluding hydrogens is 340 g/mol. The molecule has 1 saturated carbocycles. The first-order chi connectivity index (χ1) is 12.7. The Morgan fingerprint density at radius 3 is 2.50 bits per heavy atom. The van der Waals surface area contributed by atoms with E-state index in [0.717, 1.165) is 36.9 Å². The van der Waals surface area contributed by atoms with Crippen LogP contribution in [-0.4, -0.2) is 47.1 Å². The van der Waals surface area contributed by atoms with Gasteiger partial charge in [-0.05, 0) is 49.1 Å². The van der Waals surface area contributed by atoms with E-state index in [4.69, 9.17) is 0 Å². The van der Waals surface area contributed by atoms with Gasteiger partial charge in [0.15, 0.2) is 0 Å². The number of carbonyl (C=O) groups excluding carboxylic acids is 1. The molecule has 1 aliphatic heterocycles. The molecule has 4 heteroatoms. The van der Waals surface area contributed by atoms with Crippen LogP contribution in [0.1, 0.15) is 35.2 Å². The zero-order chi connectivity index (χ0) is 17.9. The second kappa shape index (κ2) is 7.85. The predicted octanol–water partition coefficient (Wildman–Crippen LogP) is 4.29. The van der Waals surface area contributed by atoms with Gasteiger partial charge in [-0.2, -0.15) is 0 Å². The number of likely N-dealkylation sites (tertiary alicyclic amines) is 1. The van der Waals surface area contributed by atoms with E-state index in [1.165, 1.54) is 23.3 Å². The van der Waals surface area contributed by atoms with E-state index in [1.807, 2.05) is 35.8 Å². The van der Waals surface area contributed by atoms with E-state index in [2.05, 4.69) is 47.4 Å². The lowest BCUT2D eigenvalue weighted by molar-refractivity contribution is 0.0735. The normalized spacial score (nSPS) is 20.3. The molecule has 0 bridgehead atoms. The lowest BCUT2D eigenvalue weighted by atomic mass is 10.1. The molecule has 2 fully saturated rings. The van der Waals surface area contributed by atoms with Gasteiger partial charge in [0.2, 0.25) is 0 Å². The van der Waals surface area contributed by atoms with Crippen molar-refractivity contribution in [1.82, 2.24) is 9.80 Å². The van der Waals surface area contributed by atoms with Crippen molar-refractivity contribution >= 4 is 17.7 Å². The van der Waals surface area contributed by atoms with Gasteiger partial charge in [0.25, 0.3) is 5.91 Å². The second-order valence-electron chi connectivity index (χ2n) is 7.42. The lowest BCUT2D eigenvalue weighted by Crippen LogP contribution is -2.38. The highest BCUT2D eigenvalue weighted by atomic mass is 32.2. The van der Waals surface area contributed by atoms with Crippen LogP contribution < -0.4 is 0 Å². The molecule has 1 saturated heterocycles. The zero-order valence-electron chi connectivity index (χ0n) is 15.3. The summed E-state index contributed by atoms with van der Waals surface area (Å²) in [5, 5.41) is 0.799. The maximum absolute atomic E-state index is 12.8. The quantitative estimate of drug-likeness (QED) is 0.762. The third kappa shape index (κ3) is 4.30. The van der Waals surface area contributed by atoms with Crippen LogP contribution in [0.3, 0.4) is 0 Å². The number of hydrogen-bond donors (Lipinski definition) is 0. The average molecular weight is 367 g/mol. The van der Waals surface area contributed by atoms with Gasteiger partial charge in [0.05, 0.1) is 0 Å². The Hall–Kier alpha value is -1.78. The van der Waals surface area contributed by atoms with E-state index in [9.17, 15) is 4.79 Å². The Morgan fingerprint density at radius 2 is 1.81 bits per heavy atom. The number of rotatable bonds is 6. The molecule has 0 spiro atoms. The number of amides is 1. The summed E-state index contributed by atoms with van der Waals surface area (Å²) in [6.07, 6.45) is 3.70.